The van der Waals surface area contributed by atoms with Gasteiger partial charge in [-0.25, -0.2) is 4.90 Å². The Hall–Kier alpha value is -5.82. The molecule has 4 aromatic carbocycles. The molecule has 3 saturated heterocycles. The Morgan fingerprint density at radius 3 is 2.34 bits per heavy atom. The number of fused-ring (bicyclic) bond motifs is 6. The maximum atomic E-state index is 15.4. The lowest BCUT2D eigenvalue weighted by molar-refractivity contribution is -0.131. The Morgan fingerprint density at radius 1 is 0.836 bits per heavy atom. The average molecular weight is 852 g/mol. The molecule has 0 unspecified atom stereocenters. The molecular formula is C48H42ClN5O6S. The molecule has 4 fully saturated rings. The first-order valence-corrected chi connectivity index (χ1v) is 22.0. The Balaban J connectivity index is 1.01. The molecule has 11 rings (SSSR count). The van der Waals surface area contributed by atoms with Gasteiger partial charge in [-0.15, -0.1) is 11.3 Å². The number of hydrogen-bond donors (Lipinski definition) is 1. The van der Waals surface area contributed by atoms with Crippen LogP contribution in [-0.4, -0.2) is 64.8 Å². The molecule has 2 aliphatic carbocycles. The standard InChI is InChI=1S/C48H42ClN5O6S/c1-25-34-22-26(49)8-17-39(34)61-43(25)37-24-40(51(3)50-37)54-45(57)36-23-35-32(42(48(36,2)47(54)59)31-15-16-38(55)30-7-5-4-6-29(30)31)13-14-33-41(35)46(58)53(44(33)56)28-11-9-27(10-12-28)52-18-20-60-21-19-52/h4-13,15-17,22,24,33,35-36,41-42,55H,14,18-21,23H2,1-3H3/t33-,35+,36-,41-,42-,48+/m0/s1. The normalized spacial score (nSPS) is 26.3. The fraction of sp³-hybridized carbons (Fsp3) is 0.312. The minimum absolute atomic E-state index is 0.106. The molecule has 5 heterocycles. The summed E-state index contributed by atoms with van der Waals surface area (Å²) in [5, 5.41) is 18.9. The van der Waals surface area contributed by atoms with Gasteiger partial charge in [-0.3, -0.25) is 28.8 Å². The van der Waals surface area contributed by atoms with Gasteiger partial charge in [-0.05, 0) is 103 Å². The van der Waals surface area contributed by atoms with E-state index in [0.717, 1.165) is 55.8 Å². The number of allylic oxidation sites excluding steroid dienone is 2. The summed E-state index contributed by atoms with van der Waals surface area (Å²) < 4.78 is 8.17. The van der Waals surface area contributed by atoms with Gasteiger partial charge in [-0.1, -0.05) is 53.6 Å². The monoisotopic (exact) mass is 851 g/mol. The molecule has 1 N–H and O–H groups in total. The van der Waals surface area contributed by atoms with Crippen LogP contribution in [0.3, 0.4) is 0 Å². The predicted molar refractivity (Wildman–Crippen MR) is 236 cm³/mol. The first-order valence-electron chi connectivity index (χ1n) is 20.8. The van der Waals surface area contributed by atoms with Gasteiger partial charge in [0.1, 0.15) is 17.3 Å². The lowest BCUT2D eigenvalue weighted by Gasteiger charge is -2.49. The number of carbonyl (C=O) groups is 4. The summed E-state index contributed by atoms with van der Waals surface area (Å²) in [5.41, 5.74) is 3.57. The molecule has 6 aromatic rings. The lowest BCUT2D eigenvalue weighted by Crippen LogP contribution is -2.49. The molecule has 11 nitrogen and oxygen atoms in total. The van der Waals surface area contributed by atoms with Gasteiger partial charge in [0, 0.05) is 52.9 Å². The van der Waals surface area contributed by atoms with Crippen LogP contribution in [0.4, 0.5) is 17.2 Å². The lowest BCUT2D eigenvalue weighted by atomic mass is 9.51. The van der Waals surface area contributed by atoms with Crippen molar-refractivity contribution in [1.82, 2.24) is 9.78 Å². The summed E-state index contributed by atoms with van der Waals surface area (Å²) in [7, 11) is 1.74. The number of aryl methyl sites for hydroxylation is 2. The van der Waals surface area contributed by atoms with Crippen molar-refractivity contribution in [2.24, 2.45) is 36.1 Å². The molecule has 61 heavy (non-hydrogen) atoms. The zero-order chi connectivity index (χ0) is 42.1. The zero-order valence-electron chi connectivity index (χ0n) is 33.8. The van der Waals surface area contributed by atoms with Gasteiger partial charge in [-0.2, -0.15) is 5.10 Å². The predicted octanol–water partition coefficient (Wildman–Crippen LogP) is 8.39. The number of morpholine rings is 1. The second kappa shape index (κ2) is 13.9. The fourth-order valence-electron chi connectivity index (χ4n) is 11.2. The largest absolute Gasteiger partial charge is 0.507 e. The maximum absolute atomic E-state index is 15.4. The van der Waals surface area contributed by atoms with E-state index in [1.54, 1.807) is 29.1 Å². The number of phenols is 1. The van der Waals surface area contributed by atoms with Crippen molar-refractivity contribution in [3.05, 3.63) is 113 Å². The van der Waals surface area contributed by atoms with Gasteiger partial charge >= 0.3 is 0 Å². The summed E-state index contributed by atoms with van der Waals surface area (Å²) in [6.45, 7) is 6.72. The van der Waals surface area contributed by atoms with E-state index in [-0.39, 0.29) is 35.8 Å². The number of nitrogens with zero attached hydrogens (tertiary/aromatic N) is 5. The van der Waals surface area contributed by atoms with Crippen molar-refractivity contribution >= 4 is 84.6 Å². The number of rotatable bonds is 5. The van der Waals surface area contributed by atoms with Crippen molar-refractivity contribution in [1.29, 1.82) is 0 Å². The van der Waals surface area contributed by atoms with Crippen LogP contribution in [0.25, 0.3) is 31.4 Å². The van der Waals surface area contributed by atoms with Crippen molar-refractivity contribution < 1.29 is 29.0 Å². The molecule has 0 spiro atoms. The SMILES string of the molecule is Cc1c(-c2cc(N3C(=O)[C@@H]4C[C@@H]5C(=CC[C@@H]6C(=O)N(c7ccc(N8CCOCC8)cc7)C(=O)[C@@H]65)[C@H](c5ccc(O)c6ccccc56)[C@]4(C)C3=O)n(C)n2)sc2ccc(Cl)cc12. The van der Waals surface area contributed by atoms with Crippen LogP contribution < -0.4 is 14.7 Å². The van der Waals surface area contributed by atoms with E-state index >= 15 is 9.59 Å². The third kappa shape index (κ3) is 5.47. The Bertz CT molecular complexity index is 2910. The molecule has 1 saturated carbocycles. The summed E-state index contributed by atoms with van der Waals surface area (Å²) in [6, 6.07) is 26.2. The Labute approximate surface area is 360 Å². The molecule has 4 amide bonds. The molecule has 2 aromatic heterocycles. The molecular weight excluding hydrogens is 810 g/mol. The van der Waals surface area contributed by atoms with E-state index in [4.69, 9.17) is 21.4 Å². The van der Waals surface area contributed by atoms with Crippen LogP contribution in [0.1, 0.15) is 36.8 Å². The highest BCUT2D eigenvalue weighted by Crippen LogP contribution is 2.64. The van der Waals surface area contributed by atoms with Crippen LogP contribution in [0.5, 0.6) is 5.75 Å². The Morgan fingerprint density at radius 2 is 1.57 bits per heavy atom. The number of aromatic hydroxyl groups is 1. The number of imide groups is 2. The van der Waals surface area contributed by atoms with Crippen molar-refractivity contribution in [2.75, 3.05) is 41.0 Å². The van der Waals surface area contributed by atoms with Gasteiger partial charge < -0.3 is 14.7 Å². The van der Waals surface area contributed by atoms with Crippen LogP contribution in [-0.2, 0) is 31.0 Å². The minimum Gasteiger partial charge on any atom is -0.507 e. The number of carbonyl (C=O) groups excluding carboxylic acids is 4. The topological polar surface area (TPSA) is 125 Å². The number of halogens is 1. The number of benzene rings is 4. The summed E-state index contributed by atoms with van der Waals surface area (Å²) in [5.74, 6) is -4.06. The Kier molecular flexibility index (Phi) is 8.66. The van der Waals surface area contributed by atoms with Gasteiger partial charge in [0.25, 0.3) is 0 Å². The van der Waals surface area contributed by atoms with Crippen molar-refractivity contribution in [3.8, 4) is 16.3 Å². The first kappa shape index (κ1) is 38.1. The van der Waals surface area contributed by atoms with E-state index < -0.39 is 35.0 Å². The number of ether oxygens (including phenoxy) is 1. The second-order valence-corrected chi connectivity index (χ2v) is 18.7. The van der Waals surface area contributed by atoms with E-state index in [2.05, 4.69) is 11.0 Å². The van der Waals surface area contributed by atoms with Crippen LogP contribution >= 0.6 is 22.9 Å². The molecule has 5 aliphatic rings. The van der Waals surface area contributed by atoms with Gasteiger partial charge in [0.15, 0.2) is 0 Å². The summed E-state index contributed by atoms with van der Waals surface area (Å²) >= 11 is 7.94. The van der Waals surface area contributed by atoms with E-state index in [1.165, 1.54) is 9.80 Å². The molecule has 0 bridgehead atoms. The quantitative estimate of drug-likeness (QED) is 0.136. The number of hydrogen-bond acceptors (Lipinski definition) is 9. The van der Waals surface area contributed by atoms with Gasteiger partial charge in [0.2, 0.25) is 23.6 Å². The molecule has 0 radical (unpaired) electrons. The van der Waals surface area contributed by atoms with Crippen LogP contribution in [0.15, 0.2) is 96.6 Å². The number of phenolic OH excluding ortho intramolecular Hbond substituents is 1. The smallest absolute Gasteiger partial charge is 0.242 e. The highest BCUT2D eigenvalue weighted by Gasteiger charge is 2.68. The third-order valence-electron chi connectivity index (χ3n) is 14.2. The molecule has 308 valence electrons. The van der Waals surface area contributed by atoms with Crippen LogP contribution in [0.2, 0.25) is 5.02 Å². The average Bonchev–Trinajstić information content (AvgIpc) is 3.94. The van der Waals surface area contributed by atoms with Crippen molar-refractivity contribution in [2.45, 2.75) is 32.6 Å². The van der Waals surface area contributed by atoms with E-state index in [1.807, 2.05) is 92.7 Å². The summed E-state index contributed by atoms with van der Waals surface area (Å²) in [4.78, 5) is 65.6. The molecule has 6 atom stereocenters. The third-order valence-corrected chi connectivity index (χ3v) is 15.8. The van der Waals surface area contributed by atoms with Crippen molar-refractivity contribution in [3.63, 3.8) is 0 Å². The minimum atomic E-state index is -1.28. The molecule has 3 aliphatic heterocycles. The fourth-order valence-corrected chi connectivity index (χ4v) is 12.6. The zero-order valence-corrected chi connectivity index (χ0v) is 35.4. The maximum Gasteiger partial charge on any atom is 0.242 e. The number of amides is 4. The summed E-state index contributed by atoms with van der Waals surface area (Å²) in [6.07, 6.45) is 2.61. The number of anilines is 3. The first-order chi connectivity index (χ1) is 29.4. The number of aromatic nitrogens is 2. The van der Waals surface area contributed by atoms with E-state index in [0.29, 0.717) is 47.2 Å². The van der Waals surface area contributed by atoms with Gasteiger partial charge in [0.05, 0.1) is 46.9 Å². The second-order valence-electron chi connectivity index (χ2n) is 17.2. The molecule has 13 heteroatoms. The highest BCUT2D eigenvalue weighted by molar-refractivity contribution is 7.22. The van der Waals surface area contributed by atoms with E-state index in [9.17, 15) is 14.7 Å². The number of thiophene rings is 1. The highest BCUT2D eigenvalue weighted by atomic mass is 35.5. The van der Waals surface area contributed by atoms with Crippen LogP contribution in [0, 0.1) is 36.0 Å².